The van der Waals surface area contributed by atoms with Crippen LogP contribution in [0.2, 0.25) is 0 Å². The average molecular weight is 466 g/mol. The molecule has 0 aliphatic carbocycles. The predicted octanol–water partition coefficient (Wildman–Crippen LogP) is -4.51. The Morgan fingerprint density at radius 3 is 2.10 bits per heavy atom. The Morgan fingerprint density at radius 2 is 1.53 bits per heavy atom. The van der Waals surface area contributed by atoms with Crippen LogP contribution in [0, 0.1) is 0 Å². The molecule has 0 unspecified atom stereocenters. The van der Waals surface area contributed by atoms with E-state index in [1.807, 2.05) is 0 Å². The van der Waals surface area contributed by atoms with Gasteiger partial charge in [0.25, 0.3) is 5.91 Å². The summed E-state index contributed by atoms with van der Waals surface area (Å²) in [5.41, 5.74) is 6.45. The Bertz CT molecular complexity index is 1330. The molecule has 1 amide bonds. The Balaban J connectivity index is 0.00000225. The van der Waals surface area contributed by atoms with Crippen LogP contribution in [0.4, 0.5) is 11.4 Å². The zero-order valence-corrected chi connectivity index (χ0v) is 21.6. The van der Waals surface area contributed by atoms with Crippen molar-refractivity contribution < 1.29 is 89.9 Å². The first-order chi connectivity index (χ1) is 12.9. The fourth-order valence-corrected chi connectivity index (χ4v) is 3.96. The molecule has 0 aromatic heterocycles. The molecule has 3 aromatic rings. The van der Waals surface area contributed by atoms with Gasteiger partial charge in [0.2, 0.25) is 0 Å². The van der Waals surface area contributed by atoms with Crippen LogP contribution in [-0.4, -0.2) is 31.8 Å². The summed E-state index contributed by atoms with van der Waals surface area (Å²) in [6.07, 6.45) is 0. The molecule has 3 N–H and O–H groups in total. The summed E-state index contributed by atoms with van der Waals surface area (Å²) in [4.78, 5) is 10.6. The van der Waals surface area contributed by atoms with Gasteiger partial charge in [-0.15, -0.1) is 0 Å². The van der Waals surface area contributed by atoms with Crippen molar-refractivity contribution in [2.45, 2.75) is 9.79 Å². The molecule has 0 heterocycles. The van der Waals surface area contributed by atoms with Gasteiger partial charge in [0.05, 0.1) is 9.79 Å². The van der Waals surface area contributed by atoms with Gasteiger partial charge in [-0.2, -0.15) is 0 Å². The Labute approximate surface area is 217 Å². The zero-order chi connectivity index (χ0) is 20.7. The van der Waals surface area contributed by atoms with Crippen LogP contribution in [0.5, 0.6) is 0 Å². The molecule has 13 heteroatoms. The van der Waals surface area contributed by atoms with Gasteiger partial charge >= 0.3 is 59.1 Å². The fourth-order valence-electron chi connectivity index (χ4n) is 2.62. The number of carbonyl (C=O) groups excluding carboxylic acids is 1. The van der Waals surface area contributed by atoms with E-state index in [-0.39, 0.29) is 81.1 Å². The van der Waals surface area contributed by atoms with Gasteiger partial charge in [-0.3, -0.25) is 4.79 Å². The van der Waals surface area contributed by atoms with E-state index in [2.05, 4.69) is 5.32 Å². The molecular formula is C17H12N2Na2O7S2. The van der Waals surface area contributed by atoms with E-state index < -0.39 is 35.9 Å². The van der Waals surface area contributed by atoms with Crippen molar-refractivity contribution in [3.8, 4) is 0 Å². The number of anilines is 2. The maximum atomic E-state index is 12.3. The minimum Gasteiger partial charge on any atom is -0.744 e. The standard InChI is InChI=1S/C17H14N2O7S2.2Na/c18-12-3-1-2-10(6-12)17(20)19-13-4-5-15-11(7-13)8-14(27(21,22)23)9-16(15)28(24,25)26;;/h1-9H,18H2,(H,19,20)(H,21,22,23)(H,24,25,26);;/q;2*+1/p-2. The number of carbonyl (C=O) groups is 1. The molecular weight excluding hydrogens is 454 g/mol. The van der Waals surface area contributed by atoms with E-state index in [0.29, 0.717) is 11.8 Å². The molecule has 0 spiro atoms. The molecule has 3 rings (SSSR count). The van der Waals surface area contributed by atoms with Crippen molar-refractivity contribution in [3.05, 3.63) is 60.2 Å². The molecule has 146 valence electrons. The third-order valence-electron chi connectivity index (χ3n) is 3.85. The van der Waals surface area contributed by atoms with Crippen LogP contribution in [0.25, 0.3) is 10.8 Å². The second-order valence-corrected chi connectivity index (χ2v) is 8.57. The summed E-state index contributed by atoms with van der Waals surface area (Å²) in [5.74, 6) is -0.518. The predicted molar refractivity (Wildman–Crippen MR) is 98.7 cm³/mol. The molecule has 30 heavy (non-hydrogen) atoms. The number of nitrogen functional groups attached to an aromatic ring is 1. The van der Waals surface area contributed by atoms with Gasteiger partial charge in [0, 0.05) is 16.9 Å². The molecule has 0 saturated carbocycles. The van der Waals surface area contributed by atoms with Crippen molar-refractivity contribution in [1.82, 2.24) is 0 Å². The van der Waals surface area contributed by atoms with E-state index in [1.54, 1.807) is 12.1 Å². The number of hydrogen-bond donors (Lipinski definition) is 2. The zero-order valence-electron chi connectivity index (χ0n) is 15.9. The third-order valence-corrected chi connectivity index (χ3v) is 5.54. The van der Waals surface area contributed by atoms with Crippen molar-refractivity contribution in [3.63, 3.8) is 0 Å². The van der Waals surface area contributed by atoms with Crippen LogP contribution in [0.1, 0.15) is 10.4 Å². The minimum absolute atomic E-state index is 0. The van der Waals surface area contributed by atoms with E-state index >= 15 is 0 Å². The Kier molecular flexibility index (Phi) is 9.09. The molecule has 0 fully saturated rings. The van der Waals surface area contributed by atoms with Crippen LogP contribution in [0.15, 0.2) is 64.4 Å². The molecule has 0 bridgehead atoms. The second kappa shape index (κ2) is 10.1. The SMILES string of the molecule is Nc1cccc(C(=O)Nc2ccc3c(S(=O)(=O)[O-])cc(S(=O)(=O)[O-])cc3c2)c1.[Na+].[Na+]. The van der Waals surface area contributed by atoms with Crippen molar-refractivity contribution in [1.29, 1.82) is 0 Å². The second-order valence-electron chi connectivity index (χ2n) is 5.85. The summed E-state index contributed by atoms with van der Waals surface area (Å²) >= 11 is 0. The largest absolute Gasteiger partial charge is 1.00 e. The van der Waals surface area contributed by atoms with E-state index in [0.717, 1.165) is 6.07 Å². The van der Waals surface area contributed by atoms with Gasteiger partial charge in [-0.25, -0.2) is 16.8 Å². The van der Waals surface area contributed by atoms with Gasteiger partial charge in [0.1, 0.15) is 20.2 Å². The molecule has 3 aromatic carbocycles. The fraction of sp³-hybridized carbons (Fsp3) is 0. The first kappa shape index (κ1) is 27.0. The smallest absolute Gasteiger partial charge is 0.744 e. The maximum Gasteiger partial charge on any atom is 1.00 e. The quantitative estimate of drug-likeness (QED) is 0.220. The molecule has 0 aliphatic rings. The Morgan fingerprint density at radius 1 is 0.867 bits per heavy atom. The maximum absolute atomic E-state index is 12.3. The number of amides is 1. The number of nitrogens with two attached hydrogens (primary N) is 1. The average Bonchev–Trinajstić information content (AvgIpc) is 2.59. The van der Waals surface area contributed by atoms with Gasteiger partial charge in [0.15, 0.2) is 0 Å². The van der Waals surface area contributed by atoms with Crippen molar-refractivity contribution >= 4 is 48.3 Å². The van der Waals surface area contributed by atoms with Gasteiger partial charge < -0.3 is 20.2 Å². The van der Waals surface area contributed by atoms with Crippen LogP contribution < -0.4 is 70.2 Å². The van der Waals surface area contributed by atoms with E-state index in [4.69, 9.17) is 5.73 Å². The number of rotatable bonds is 4. The van der Waals surface area contributed by atoms with Crippen LogP contribution in [-0.2, 0) is 20.2 Å². The summed E-state index contributed by atoms with van der Waals surface area (Å²) in [6, 6.07) is 11.4. The summed E-state index contributed by atoms with van der Waals surface area (Å²) in [7, 11) is -10.1. The minimum atomic E-state index is -5.05. The summed E-state index contributed by atoms with van der Waals surface area (Å²) < 4.78 is 68.3. The van der Waals surface area contributed by atoms with E-state index in [1.165, 1.54) is 30.3 Å². The number of benzene rings is 3. The molecule has 0 aliphatic heterocycles. The first-order valence-electron chi connectivity index (χ1n) is 7.62. The topological polar surface area (TPSA) is 170 Å². The van der Waals surface area contributed by atoms with Crippen LogP contribution in [0.3, 0.4) is 0 Å². The van der Waals surface area contributed by atoms with E-state index in [9.17, 15) is 30.7 Å². The Hall–Kier alpha value is -0.990. The van der Waals surface area contributed by atoms with Crippen molar-refractivity contribution in [2.24, 2.45) is 0 Å². The number of nitrogens with one attached hydrogen (secondary N) is 1. The summed E-state index contributed by atoms with van der Waals surface area (Å²) in [6.45, 7) is 0. The molecule has 0 atom stereocenters. The van der Waals surface area contributed by atoms with Crippen molar-refractivity contribution in [2.75, 3.05) is 11.1 Å². The molecule has 9 nitrogen and oxygen atoms in total. The van der Waals surface area contributed by atoms with Gasteiger partial charge in [-0.1, -0.05) is 12.1 Å². The monoisotopic (exact) mass is 466 g/mol. The summed E-state index contributed by atoms with van der Waals surface area (Å²) in [5, 5.41) is 2.45. The first-order valence-corrected chi connectivity index (χ1v) is 10.4. The number of fused-ring (bicyclic) bond motifs is 1. The van der Waals surface area contributed by atoms with Crippen LogP contribution >= 0.6 is 0 Å². The molecule has 0 radical (unpaired) electrons. The number of hydrogen-bond acceptors (Lipinski definition) is 8. The molecule has 0 saturated heterocycles. The normalized spacial score (nSPS) is 11.3. The third kappa shape index (κ3) is 6.26. The van der Waals surface area contributed by atoms with Gasteiger partial charge in [-0.05, 0) is 53.2 Å².